The van der Waals surface area contributed by atoms with Crippen LogP contribution in [0.15, 0.2) is 30.3 Å². The summed E-state index contributed by atoms with van der Waals surface area (Å²) in [7, 11) is 0. The molecular weight excluding hydrogens is 317 g/mol. The molecule has 2 N–H and O–H groups in total. The van der Waals surface area contributed by atoms with Gasteiger partial charge in [0.25, 0.3) is 0 Å². The van der Waals surface area contributed by atoms with E-state index in [4.69, 9.17) is 5.73 Å². The maximum atomic E-state index is 6.33. The number of hydrogen-bond acceptors (Lipinski definition) is 3. The third-order valence-corrected chi connectivity index (χ3v) is 5.74. The van der Waals surface area contributed by atoms with Crippen molar-refractivity contribution in [3.63, 3.8) is 0 Å². The number of para-hydroxylation sites is 1. The van der Waals surface area contributed by atoms with Crippen molar-refractivity contribution in [2.75, 3.05) is 31.1 Å². The molecule has 2 unspecified atom stereocenters. The summed E-state index contributed by atoms with van der Waals surface area (Å²) in [5, 5.41) is 0. The summed E-state index contributed by atoms with van der Waals surface area (Å²) in [4.78, 5) is 5.29. The van der Waals surface area contributed by atoms with Gasteiger partial charge >= 0.3 is 0 Å². The number of halogens is 2. The van der Waals surface area contributed by atoms with Crippen LogP contribution in [0.5, 0.6) is 0 Å². The summed E-state index contributed by atoms with van der Waals surface area (Å²) >= 11 is 0. The smallest absolute Gasteiger partial charge is 0.0366 e. The molecule has 2 saturated heterocycles. The average molecular weight is 344 g/mol. The quantitative estimate of drug-likeness (QED) is 0.896. The Morgan fingerprint density at radius 3 is 2.14 bits per heavy atom. The van der Waals surface area contributed by atoms with Gasteiger partial charge in [-0.15, -0.1) is 24.8 Å². The first kappa shape index (κ1) is 17.9. The number of rotatable bonds is 2. The fourth-order valence-corrected chi connectivity index (χ4v) is 4.51. The molecule has 1 saturated carbocycles. The molecule has 0 amide bonds. The largest absolute Gasteiger partial charge is 0.370 e. The second kappa shape index (κ2) is 7.39. The lowest BCUT2D eigenvalue weighted by Crippen LogP contribution is -2.52. The van der Waals surface area contributed by atoms with E-state index in [0.29, 0.717) is 6.04 Å². The van der Waals surface area contributed by atoms with Crippen molar-refractivity contribution in [1.82, 2.24) is 4.90 Å². The highest BCUT2D eigenvalue weighted by Gasteiger charge is 2.42. The Kier molecular flexibility index (Phi) is 6.00. The van der Waals surface area contributed by atoms with E-state index in [-0.39, 0.29) is 24.8 Å². The van der Waals surface area contributed by atoms with Gasteiger partial charge in [-0.3, -0.25) is 4.90 Å². The van der Waals surface area contributed by atoms with Crippen LogP contribution in [0.4, 0.5) is 5.69 Å². The predicted molar refractivity (Wildman–Crippen MR) is 97.3 cm³/mol. The second-order valence-electron chi connectivity index (χ2n) is 6.85. The van der Waals surface area contributed by atoms with Gasteiger partial charge < -0.3 is 10.6 Å². The fraction of sp³-hybridized carbons (Fsp3) is 0.647. The van der Waals surface area contributed by atoms with Gasteiger partial charge in [-0.1, -0.05) is 18.2 Å². The summed E-state index contributed by atoms with van der Waals surface area (Å²) in [5.41, 5.74) is 7.71. The lowest BCUT2D eigenvalue weighted by atomic mass is 9.92. The Hall–Kier alpha value is -0.480. The molecule has 0 aromatic heterocycles. The number of benzene rings is 1. The van der Waals surface area contributed by atoms with Gasteiger partial charge in [0.1, 0.15) is 0 Å². The summed E-state index contributed by atoms with van der Waals surface area (Å²) < 4.78 is 0. The summed E-state index contributed by atoms with van der Waals surface area (Å²) in [6.45, 7) is 4.88. The molecule has 1 aliphatic carbocycles. The topological polar surface area (TPSA) is 32.5 Å². The van der Waals surface area contributed by atoms with Gasteiger partial charge in [0, 0.05) is 44.0 Å². The first-order valence-electron chi connectivity index (χ1n) is 8.11. The maximum absolute atomic E-state index is 6.33. The van der Waals surface area contributed by atoms with Crippen molar-refractivity contribution in [3.8, 4) is 0 Å². The molecule has 3 nitrogen and oxygen atoms in total. The van der Waals surface area contributed by atoms with Gasteiger partial charge in [0.15, 0.2) is 0 Å². The zero-order valence-corrected chi connectivity index (χ0v) is 14.6. The minimum absolute atomic E-state index is 0. The number of anilines is 1. The van der Waals surface area contributed by atoms with Crippen molar-refractivity contribution in [2.24, 2.45) is 17.6 Å². The molecule has 2 heterocycles. The van der Waals surface area contributed by atoms with Crippen LogP contribution in [-0.4, -0.2) is 43.2 Å². The molecule has 124 valence electrons. The van der Waals surface area contributed by atoms with Crippen LogP contribution in [0.3, 0.4) is 0 Å². The average Bonchev–Trinajstić information content (AvgIpc) is 3.03. The fourth-order valence-electron chi connectivity index (χ4n) is 4.51. The number of nitrogens with two attached hydrogens (primary N) is 1. The van der Waals surface area contributed by atoms with E-state index in [0.717, 1.165) is 17.9 Å². The standard InChI is InChI=1S/C17H25N3.2ClH/c18-17-13-6-7-14(17)11-20(10-13)16-8-9-19(12-16)15-4-2-1-3-5-15;;/h1-5,13-14,16-17H,6-12,18H2;2*1H/t13-,14+,16?,17?;;. The Morgan fingerprint density at radius 1 is 0.864 bits per heavy atom. The molecule has 1 aromatic rings. The molecule has 4 rings (SSSR count). The van der Waals surface area contributed by atoms with Gasteiger partial charge in [0.05, 0.1) is 0 Å². The van der Waals surface area contributed by atoms with E-state index >= 15 is 0 Å². The molecule has 0 radical (unpaired) electrons. The van der Waals surface area contributed by atoms with Crippen LogP contribution in [-0.2, 0) is 0 Å². The number of piperidine rings is 1. The Labute approximate surface area is 146 Å². The SMILES string of the molecule is Cl.Cl.NC1[C@@H]2CC[C@H]1CN(C1CCN(c3ccccc3)C1)C2. The van der Waals surface area contributed by atoms with Crippen LogP contribution in [0.25, 0.3) is 0 Å². The van der Waals surface area contributed by atoms with E-state index < -0.39 is 0 Å². The van der Waals surface area contributed by atoms with Gasteiger partial charge in [-0.2, -0.15) is 0 Å². The van der Waals surface area contributed by atoms with Gasteiger partial charge in [-0.25, -0.2) is 0 Å². The minimum Gasteiger partial charge on any atom is -0.370 e. The Morgan fingerprint density at radius 2 is 1.50 bits per heavy atom. The third-order valence-electron chi connectivity index (χ3n) is 5.74. The normalized spacial score (nSPS) is 34.1. The lowest BCUT2D eigenvalue weighted by Gasteiger charge is -2.39. The number of likely N-dealkylation sites (tertiary alicyclic amines) is 1. The van der Waals surface area contributed by atoms with E-state index in [2.05, 4.69) is 40.1 Å². The van der Waals surface area contributed by atoms with Crippen LogP contribution in [0.1, 0.15) is 19.3 Å². The van der Waals surface area contributed by atoms with Crippen LogP contribution >= 0.6 is 24.8 Å². The zero-order valence-electron chi connectivity index (χ0n) is 12.9. The molecule has 22 heavy (non-hydrogen) atoms. The van der Waals surface area contributed by atoms with E-state index in [9.17, 15) is 0 Å². The molecular formula is C17H27Cl2N3. The van der Waals surface area contributed by atoms with Crippen LogP contribution < -0.4 is 10.6 Å². The summed E-state index contributed by atoms with van der Waals surface area (Å²) in [5.74, 6) is 1.53. The summed E-state index contributed by atoms with van der Waals surface area (Å²) in [6, 6.07) is 12.1. The van der Waals surface area contributed by atoms with Gasteiger partial charge in [0.2, 0.25) is 0 Å². The van der Waals surface area contributed by atoms with Crippen molar-refractivity contribution >= 4 is 30.5 Å². The molecule has 4 atom stereocenters. The molecule has 0 spiro atoms. The van der Waals surface area contributed by atoms with Crippen molar-refractivity contribution in [2.45, 2.75) is 31.3 Å². The zero-order chi connectivity index (χ0) is 13.5. The molecule has 3 aliphatic rings. The molecule has 3 fully saturated rings. The highest BCUT2D eigenvalue weighted by atomic mass is 35.5. The second-order valence-corrected chi connectivity index (χ2v) is 6.85. The minimum atomic E-state index is 0. The Bertz CT molecular complexity index is 456. The van der Waals surface area contributed by atoms with Crippen molar-refractivity contribution < 1.29 is 0 Å². The molecule has 2 aliphatic heterocycles. The van der Waals surface area contributed by atoms with Crippen LogP contribution in [0, 0.1) is 11.8 Å². The number of nitrogens with zero attached hydrogens (tertiary/aromatic N) is 2. The van der Waals surface area contributed by atoms with E-state index in [1.807, 2.05) is 0 Å². The van der Waals surface area contributed by atoms with E-state index in [1.165, 1.54) is 51.1 Å². The highest BCUT2D eigenvalue weighted by Crippen LogP contribution is 2.37. The van der Waals surface area contributed by atoms with Crippen molar-refractivity contribution in [3.05, 3.63) is 30.3 Å². The Balaban J connectivity index is 0.000000882. The van der Waals surface area contributed by atoms with Gasteiger partial charge in [-0.05, 0) is 43.2 Å². The maximum Gasteiger partial charge on any atom is 0.0366 e. The molecule has 1 aromatic carbocycles. The number of hydrogen-bond donors (Lipinski definition) is 1. The predicted octanol–water partition coefficient (Wildman–Crippen LogP) is 2.78. The molecule has 2 bridgehead atoms. The monoisotopic (exact) mass is 343 g/mol. The van der Waals surface area contributed by atoms with E-state index in [1.54, 1.807) is 0 Å². The third kappa shape index (κ3) is 3.23. The lowest BCUT2D eigenvalue weighted by molar-refractivity contribution is 0.110. The highest BCUT2D eigenvalue weighted by molar-refractivity contribution is 5.85. The van der Waals surface area contributed by atoms with Crippen LogP contribution in [0.2, 0.25) is 0 Å². The number of fused-ring (bicyclic) bond motifs is 2. The summed E-state index contributed by atoms with van der Waals surface area (Å²) in [6.07, 6.45) is 4.03. The van der Waals surface area contributed by atoms with Crippen molar-refractivity contribution in [1.29, 1.82) is 0 Å². The molecule has 5 heteroatoms. The first-order chi connectivity index (χ1) is 9.81. The first-order valence-corrected chi connectivity index (χ1v) is 8.11.